The van der Waals surface area contributed by atoms with Crippen LogP contribution in [0.3, 0.4) is 0 Å². The lowest BCUT2D eigenvalue weighted by molar-refractivity contribution is 0.0924. The Morgan fingerprint density at radius 3 is 2.84 bits per heavy atom. The van der Waals surface area contributed by atoms with Crippen molar-refractivity contribution in [2.75, 3.05) is 7.05 Å². The molecule has 0 saturated carbocycles. The van der Waals surface area contributed by atoms with Crippen molar-refractivity contribution < 1.29 is 9.15 Å². The summed E-state index contributed by atoms with van der Waals surface area (Å²) >= 11 is 5.92. The van der Waals surface area contributed by atoms with Crippen LogP contribution in [0.25, 0.3) is 0 Å². The zero-order valence-electron chi connectivity index (χ0n) is 11.2. The second kappa shape index (κ2) is 6.75. The minimum atomic E-state index is 0.469. The van der Waals surface area contributed by atoms with E-state index in [-0.39, 0.29) is 0 Å². The van der Waals surface area contributed by atoms with Crippen LogP contribution < -0.4 is 5.32 Å². The largest absolute Gasteiger partial charge is 0.464 e. The molecule has 1 N–H and O–H groups in total. The van der Waals surface area contributed by atoms with Crippen molar-refractivity contribution in [2.45, 2.75) is 26.7 Å². The van der Waals surface area contributed by atoms with Gasteiger partial charge in [-0.25, -0.2) is 0 Å². The molecule has 0 bridgehead atoms. The van der Waals surface area contributed by atoms with E-state index in [1.807, 2.05) is 44.3 Å². The van der Waals surface area contributed by atoms with Gasteiger partial charge in [0.05, 0.1) is 6.61 Å². The van der Waals surface area contributed by atoms with Crippen LogP contribution >= 0.6 is 11.6 Å². The summed E-state index contributed by atoms with van der Waals surface area (Å²) in [6.45, 7) is 3.77. The molecule has 0 atom stereocenters. The van der Waals surface area contributed by atoms with Gasteiger partial charge in [-0.3, -0.25) is 0 Å². The number of halogens is 1. The number of hydrogen-bond acceptors (Lipinski definition) is 3. The van der Waals surface area contributed by atoms with Gasteiger partial charge >= 0.3 is 0 Å². The van der Waals surface area contributed by atoms with E-state index >= 15 is 0 Å². The van der Waals surface area contributed by atoms with Gasteiger partial charge in [-0.05, 0) is 37.7 Å². The molecule has 0 aliphatic rings. The molecule has 1 aromatic carbocycles. The van der Waals surface area contributed by atoms with Crippen LogP contribution in [0.2, 0.25) is 5.02 Å². The number of benzene rings is 1. The minimum absolute atomic E-state index is 0.469. The molecule has 0 spiro atoms. The number of aryl methyl sites for hydroxylation is 1. The fourth-order valence-corrected chi connectivity index (χ4v) is 2.13. The van der Waals surface area contributed by atoms with Crippen LogP contribution in [0.4, 0.5) is 0 Å². The summed E-state index contributed by atoms with van der Waals surface area (Å²) in [5, 5.41) is 3.84. The Bertz CT molecular complexity index is 537. The van der Waals surface area contributed by atoms with E-state index in [1.165, 1.54) is 5.56 Å². The van der Waals surface area contributed by atoms with Crippen molar-refractivity contribution in [3.8, 4) is 0 Å². The quantitative estimate of drug-likeness (QED) is 0.876. The van der Waals surface area contributed by atoms with Gasteiger partial charge in [0.15, 0.2) is 0 Å². The first kappa shape index (κ1) is 14.1. The van der Waals surface area contributed by atoms with Gasteiger partial charge in [-0.2, -0.15) is 0 Å². The monoisotopic (exact) mass is 279 g/mol. The van der Waals surface area contributed by atoms with Crippen molar-refractivity contribution in [1.82, 2.24) is 5.32 Å². The summed E-state index contributed by atoms with van der Waals surface area (Å²) in [5.41, 5.74) is 2.23. The van der Waals surface area contributed by atoms with Crippen molar-refractivity contribution in [3.63, 3.8) is 0 Å². The SMILES string of the molecule is CNCc1cc(COCc2cccc(Cl)c2)oc1C. The van der Waals surface area contributed by atoms with E-state index in [1.54, 1.807) is 0 Å². The van der Waals surface area contributed by atoms with Gasteiger partial charge < -0.3 is 14.5 Å². The molecule has 0 amide bonds. The molecule has 4 heteroatoms. The highest BCUT2D eigenvalue weighted by Gasteiger charge is 2.06. The van der Waals surface area contributed by atoms with E-state index in [0.717, 1.165) is 28.7 Å². The topological polar surface area (TPSA) is 34.4 Å². The van der Waals surface area contributed by atoms with E-state index < -0.39 is 0 Å². The summed E-state index contributed by atoms with van der Waals surface area (Å²) in [7, 11) is 1.92. The number of nitrogens with one attached hydrogen (secondary N) is 1. The molecular formula is C15H18ClNO2. The summed E-state index contributed by atoms with van der Waals surface area (Å²) < 4.78 is 11.3. The first-order chi connectivity index (χ1) is 9.19. The fourth-order valence-electron chi connectivity index (χ4n) is 1.92. The standard InChI is InChI=1S/C15H18ClNO2/c1-11-13(8-17-2)7-15(19-11)10-18-9-12-4-3-5-14(16)6-12/h3-7,17H,8-10H2,1-2H3. The van der Waals surface area contributed by atoms with Crippen molar-refractivity contribution in [2.24, 2.45) is 0 Å². The molecule has 0 fully saturated rings. The molecular weight excluding hydrogens is 262 g/mol. The van der Waals surface area contributed by atoms with Crippen molar-refractivity contribution in [1.29, 1.82) is 0 Å². The molecule has 2 rings (SSSR count). The second-order valence-corrected chi connectivity index (χ2v) is 4.88. The van der Waals surface area contributed by atoms with E-state index in [2.05, 4.69) is 5.32 Å². The summed E-state index contributed by atoms with van der Waals surface area (Å²) in [5.74, 6) is 1.79. The molecule has 0 saturated heterocycles. The maximum atomic E-state index is 5.92. The predicted octanol–water partition coefficient (Wildman–Crippen LogP) is 3.68. The van der Waals surface area contributed by atoms with Gasteiger partial charge in [-0.1, -0.05) is 23.7 Å². The highest BCUT2D eigenvalue weighted by Crippen LogP contribution is 2.16. The highest BCUT2D eigenvalue weighted by atomic mass is 35.5. The van der Waals surface area contributed by atoms with Crippen LogP contribution in [0, 0.1) is 6.92 Å². The van der Waals surface area contributed by atoms with E-state index in [0.29, 0.717) is 13.2 Å². The third kappa shape index (κ3) is 4.10. The Morgan fingerprint density at radius 2 is 2.11 bits per heavy atom. The number of hydrogen-bond donors (Lipinski definition) is 1. The zero-order chi connectivity index (χ0) is 13.7. The summed E-state index contributed by atoms with van der Waals surface area (Å²) in [6, 6.07) is 9.70. The smallest absolute Gasteiger partial charge is 0.130 e. The van der Waals surface area contributed by atoms with Gasteiger partial charge in [0.25, 0.3) is 0 Å². The van der Waals surface area contributed by atoms with Gasteiger partial charge in [-0.15, -0.1) is 0 Å². The van der Waals surface area contributed by atoms with Gasteiger partial charge in [0.2, 0.25) is 0 Å². The zero-order valence-corrected chi connectivity index (χ0v) is 12.0. The molecule has 0 radical (unpaired) electrons. The summed E-state index contributed by atoms with van der Waals surface area (Å²) in [6.07, 6.45) is 0. The Kier molecular flexibility index (Phi) is 5.02. The fraction of sp³-hybridized carbons (Fsp3) is 0.333. The van der Waals surface area contributed by atoms with Gasteiger partial charge in [0, 0.05) is 17.1 Å². The van der Waals surface area contributed by atoms with Crippen molar-refractivity contribution >= 4 is 11.6 Å². The Labute approximate surface area is 118 Å². The normalized spacial score (nSPS) is 10.9. The molecule has 3 nitrogen and oxygen atoms in total. The van der Waals surface area contributed by atoms with Gasteiger partial charge in [0.1, 0.15) is 18.1 Å². The van der Waals surface area contributed by atoms with E-state index in [9.17, 15) is 0 Å². The molecule has 1 aromatic heterocycles. The first-order valence-corrected chi connectivity index (χ1v) is 6.62. The Balaban J connectivity index is 1.87. The number of furan rings is 1. The maximum Gasteiger partial charge on any atom is 0.130 e. The lowest BCUT2D eigenvalue weighted by Crippen LogP contribution is -2.04. The number of rotatable bonds is 6. The molecule has 19 heavy (non-hydrogen) atoms. The maximum absolute atomic E-state index is 5.92. The molecule has 2 aromatic rings. The lowest BCUT2D eigenvalue weighted by atomic mass is 10.2. The average molecular weight is 280 g/mol. The molecule has 0 unspecified atom stereocenters. The van der Waals surface area contributed by atoms with Crippen LogP contribution in [-0.2, 0) is 24.5 Å². The molecule has 0 aliphatic carbocycles. The Morgan fingerprint density at radius 1 is 1.26 bits per heavy atom. The van der Waals surface area contributed by atoms with Crippen LogP contribution in [0.15, 0.2) is 34.7 Å². The first-order valence-electron chi connectivity index (χ1n) is 6.24. The third-order valence-corrected chi connectivity index (χ3v) is 3.08. The number of ether oxygens (including phenoxy) is 1. The summed E-state index contributed by atoms with van der Waals surface area (Å²) in [4.78, 5) is 0. The second-order valence-electron chi connectivity index (χ2n) is 4.45. The Hall–Kier alpha value is -1.29. The lowest BCUT2D eigenvalue weighted by Gasteiger charge is -2.02. The minimum Gasteiger partial charge on any atom is -0.464 e. The van der Waals surface area contributed by atoms with Crippen molar-refractivity contribution in [3.05, 3.63) is 58.0 Å². The van der Waals surface area contributed by atoms with Crippen LogP contribution in [0.5, 0.6) is 0 Å². The molecule has 102 valence electrons. The van der Waals surface area contributed by atoms with Crippen LogP contribution in [0.1, 0.15) is 22.6 Å². The molecule has 0 aliphatic heterocycles. The predicted molar refractivity (Wildman–Crippen MR) is 76.2 cm³/mol. The van der Waals surface area contributed by atoms with Crippen LogP contribution in [-0.4, -0.2) is 7.05 Å². The average Bonchev–Trinajstić information content (AvgIpc) is 2.71. The molecule has 1 heterocycles. The highest BCUT2D eigenvalue weighted by molar-refractivity contribution is 6.30. The third-order valence-electron chi connectivity index (χ3n) is 2.84. The van der Waals surface area contributed by atoms with E-state index in [4.69, 9.17) is 20.8 Å².